The summed E-state index contributed by atoms with van der Waals surface area (Å²) < 4.78 is 22.8. The highest BCUT2D eigenvalue weighted by Gasteiger charge is 2.39. The number of aliphatic hydroxyl groups is 2. The molecule has 0 amide bonds. The molecule has 2 bridgehead atoms. The smallest absolute Gasteiger partial charge is 0.223 e. The number of nitrogens with zero attached hydrogens (tertiary/aromatic N) is 4. The van der Waals surface area contributed by atoms with E-state index in [0.29, 0.717) is 42.2 Å². The fourth-order valence-electron chi connectivity index (χ4n) is 4.91. The van der Waals surface area contributed by atoms with Crippen molar-refractivity contribution >= 4 is 40.3 Å². The molecule has 4 aliphatic rings. The summed E-state index contributed by atoms with van der Waals surface area (Å²) in [4.78, 5) is 14.2. The summed E-state index contributed by atoms with van der Waals surface area (Å²) in [6.07, 6.45) is 3.26. The Kier molecular flexibility index (Phi) is 5.16. The van der Waals surface area contributed by atoms with Crippen molar-refractivity contribution in [1.82, 2.24) is 19.5 Å². The highest BCUT2D eigenvalue weighted by atomic mass is 35.5. The number of rotatable bonds is 4. The first kappa shape index (κ1) is 22.2. The van der Waals surface area contributed by atoms with Crippen molar-refractivity contribution in [2.24, 2.45) is 0 Å². The van der Waals surface area contributed by atoms with Crippen molar-refractivity contribution in [2.75, 3.05) is 17.7 Å². The zero-order valence-electron chi connectivity index (χ0n) is 18.5. The van der Waals surface area contributed by atoms with Crippen molar-refractivity contribution in [3.63, 3.8) is 0 Å². The Bertz CT molecular complexity index is 1350. The van der Waals surface area contributed by atoms with Gasteiger partial charge >= 0.3 is 0 Å². The third-order valence-corrected chi connectivity index (χ3v) is 7.88. The van der Waals surface area contributed by atoms with E-state index in [9.17, 15) is 10.2 Å². The minimum atomic E-state index is -1.22. The van der Waals surface area contributed by atoms with Crippen LogP contribution in [0, 0.1) is 5.82 Å². The van der Waals surface area contributed by atoms with Crippen LogP contribution in [-0.4, -0.2) is 60.3 Å². The molecule has 3 atom stereocenters. The summed E-state index contributed by atoms with van der Waals surface area (Å²) in [5, 5.41) is 24.7. The number of halogens is 2. The Hall–Kier alpha value is -2.24. The minimum Gasteiger partial charge on any atom is -0.388 e. The number of thioether (sulfide) groups is 1. The van der Waals surface area contributed by atoms with Crippen molar-refractivity contribution in [1.29, 1.82) is 0 Å². The topological polar surface area (TPSA) is 105 Å². The minimum absolute atomic E-state index is 0.222. The van der Waals surface area contributed by atoms with Crippen molar-refractivity contribution in [3.8, 4) is 11.3 Å². The van der Waals surface area contributed by atoms with Gasteiger partial charge < -0.3 is 24.8 Å². The number of anilines is 1. The summed E-state index contributed by atoms with van der Waals surface area (Å²) in [6.45, 7) is 4.35. The first-order valence-corrected chi connectivity index (χ1v) is 12.4. The Balaban J connectivity index is 1.46. The Morgan fingerprint density at radius 2 is 2.18 bits per heavy atom. The molecule has 3 aromatic rings. The van der Waals surface area contributed by atoms with Gasteiger partial charge in [0.2, 0.25) is 5.95 Å². The lowest BCUT2D eigenvalue weighted by atomic mass is 9.87. The van der Waals surface area contributed by atoms with E-state index in [2.05, 4.69) is 26.3 Å². The first-order valence-electron chi connectivity index (χ1n) is 11.1. The Morgan fingerprint density at radius 1 is 1.35 bits per heavy atom. The standard InChI is InChI=1S/C23H23ClFN5O3S/c1-23(2,32)21-27-17-13(25)7-11(20-18(17)30(21)5-6-34-20)16-12(24)8-26-22(29-16)28-15-10-3-4-14(19(15)31)33-9-10/h3,7-8,14-15,19,31-32H,4-6,9H2,1-2H3,(H,26,28,29)/t14-,15+,19+/m1/s1. The van der Waals surface area contributed by atoms with Crippen molar-refractivity contribution in [3.05, 3.63) is 40.6 Å². The van der Waals surface area contributed by atoms with Crippen LogP contribution in [0.15, 0.2) is 28.8 Å². The van der Waals surface area contributed by atoms with Crippen LogP contribution in [-0.2, 0) is 16.9 Å². The highest BCUT2D eigenvalue weighted by Crippen LogP contribution is 2.44. The van der Waals surface area contributed by atoms with Gasteiger partial charge in [-0.15, -0.1) is 11.8 Å². The van der Waals surface area contributed by atoms with Gasteiger partial charge in [-0.1, -0.05) is 17.7 Å². The van der Waals surface area contributed by atoms with Crippen molar-refractivity contribution in [2.45, 2.75) is 55.6 Å². The molecule has 3 aliphatic heterocycles. The number of aliphatic hydroxyl groups excluding tert-OH is 1. The maximum Gasteiger partial charge on any atom is 0.223 e. The average molecular weight is 504 g/mol. The lowest BCUT2D eigenvalue weighted by Gasteiger charge is -2.40. The van der Waals surface area contributed by atoms with Crippen LogP contribution in [0.3, 0.4) is 0 Å². The molecule has 34 heavy (non-hydrogen) atoms. The van der Waals surface area contributed by atoms with Gasteiger partial charge in [0.05, 0.1) is 41.2 Å². The summed E-state index contributed by atoms with van der Waals surface area (Å²) in [5.74, 6) is 0.939. The van der Waals surface area contributed by atoms with Crippen LogP contribution in [0.4, 0.5) is 10.3 Å². The van der Waals surface area contributed by atoms with Gasteiger partial charge in [-0.25, -0.2) is 19.3 Å². The second kappa shape index (κ2) is 7.89. The van der Waals surface area contributed by atoms with Gasteiger partial charge in [-0.2, -0.15) is 0 Å². The molecule has 3 N–H and O–H groups in total. The number of benzene rings is 1. The second-order valence-corrected chi connectivity index (χ2v) is 10.8. The van der Waals surface area contributed by atoms with E-state index >= 15 is 4.39 Å². The Morgan fingerprint density at radius 3 is 2.88 bits per heavy atom. The first-order chi connectivity index (χ1) is 16.2. The van der Waals surface area contributed by atoms with Crippen LogP contribution >= 0.6 is 23.4 Å². The number of hydrogen-bond acceptors (Lipinski definition) is 8. The quantitative estimate of drug-likeness (QED) is 0.465. The second-order valence-electron chi connectivity index (χ2n) is 9.29. The Labute approximate surface area is 204 Å². The van der Waals surface area contributed by atoms with Gasteiger partial charge in [0.15, 0.2) is 5.82 Å². The summed E-state index contributed by atoms with van der Waals surface area (Å²) in [7, 11) is 0. The molecular weight excluding hydrogens is 481 g/mol. The number of nitrogens with one attached hydrogen (secondary N) is 1. The number of imidazole rings is 1. The van der Waals surface area contributed by atoms with Gasteiger partial charge in [0.25, 0.3) is 0 Å². The molecule has 2 aromatic heterocycles. The monoisotopic (exact) mass is 503 g/mol. The molecule has 1 saturated heterocycles. The summed E-state index contributed by atoms with van der Waals surface area (Å²) >= 11 is 8.09. The van der Waals surface area contributed by atoms with E-state index in [0.717, 1.165) is 16.2 Å². The molecule has 7 rings (SSSR count). The van der Waals surface area contributed by atoms with Crippen LogP contribution < -0.4 is 5.32 Å². The zero-order chi connectivity index (χ0) is 23.8. The molecule has 1 aromatic carbocycles. The van der Waals surface area contributed by atoms with Crippen LogP contribution in [0.2, 0.25) is 5.02 Å². The highest BCUT2D eigenvalue weighted by molar-refractivity contribution is 7.99. The summed E-state index contributed by atoms with van der Waals surface area (Å²) in [6, 6.07) is 1.04. The molecule has 11 heteroatoms. The fourth-order valence-corrected chi connectivity index (χ4v) is 6.24. The third-order valence-electron chi connectivity index (χ3n) is 6.52. The van der Waals surface area contributed by atoms with Gasteiger partial charge in [-0.05, 0) is 31.9 Å². The molecule has 0 spiro atoms. The molecule has 1 fully saturated rings. The number of hydrogen-bond donors (Lipinski definition) is 3. The number of aryl methyl sites for hydroxylation is 1. The SMILES string of the molecule is CC(C)(O)c1nc2c(F)cc(-c3nc(N[C@H]4C5=CC[C@@H](OC5)[C@@H]4O)ncc3Cl)c3c2n1CCS3. The number of fused-ring (bicyclic) bond motifs is 3. The van der Waals surface area contributed by atoms with Gasteiger partial charge in [0, 0.05) is 22.8 Å². The van der Waals surface area contributed by atoms with Crippen LogP contribution in [0.1, 0.15) is 26.1 Å². The third kappa shape index (κ3) is 3.43. The number of ether oxygens (including phenoxy) is 1. The lowest BCUT2D eigenvalue weighted by Crippen LogP contribution is -2.52. The van der Waals surface area contributed by atoms with Gasteiger partial charge in [0.1, 0.15) is 23.0 Å². The van der Waals surface area contributed by atoms with E-state index < -0.39 is 17.5 Å². The molecule has 178 valence electrons. The maximum absolute atomic E-state index is 15.3. The maximum atomic E-state index is 15.3. The normalized spacial score (nSPS) is 23.9. The predicted molar refractivity (Wildman–Crippen MR) is 128 cm³/mol. The van der Waals surface area contributed by atoms with Crippen molar-refractivity contribution < 1.29 is 19.3 Å². The van der Waals surface area contributed by atoms with E-state index in [1.54, 1.807) is 25.6 Å². The molecule has 0 unspecified atom stereocenters. The summed E-state index contributed by atoms with van der Waals surface area (Å²) in [5.41, 5.74) is 1.53. The molecule has 5 heterocycles. The zero-order valence-corrected chi connectivity index (χ0v) is 20.1. The molecule has 0 saturated carbocycles. The van der Waals surface area contributed by atoms with Gasteiger partial charge in [-0.3, -0.25) is 0 Å². The van der Waals surface area contributed by atoms with Crippen LogP contribution in [0.25, 0.3) is 22.3 Å². The number of aromatic nitrogens is 4. The van der Waals surface area contributed by atoms with E-state index in [4.69, 9.17) is 16.3 Å². The fraction of sp³-hybridized carbons (Fsp3) is 0.435. The van der Waals surface area contributed by atoms with E-state index in [1.165, 1.54) is 12.3 Å². The molecule has 0 radical (unpaired) electrons. The molecular formula is C23H23ClFN5O3S. The van der Waals surface area contributed by atoms with E-state index in [-0.39, 0.29) is 28.6 Å². The van der Waals surface area contributed by atoms with Crippen LogP contribution in [0.5, 0.6) is 0 Å². The predicted octanol–water partition coefficient (Wildman–Crippen LogP) is 3.49. The van der Waals surface area contributed by atoms with E-state index in [1.807, 2.05) is 4.57 Å². The average Bonchev–Trinajstić information content (AvgIpc) is 3.22. The lowest BCUT2D eigenvalue weighted by molar-refractivity contribution is -0.0647. The molecule has 8 nitrogen and oxygen atoms in total. The molecule has 1 aliphatic carbocycles. The largest absolute Gasteiger partial charge is 0.388 e.